The molecule has 2 aromatic rings. The third kappa shape index (κ3) is 4.30. The van der Waals surface area contributed by atoms with Crippen LogP contribution in [0.25, 0.3) is 0 Å². The van der Waals surface area contributed by atoms with Crippen LogP contribution in [0.4, 0.5) is 15.8 Å². The zero-order chi connectivity index (χ0) is 19.6. The molecule has 2 aromatic carbocycles. The first-order valence-electron chi connectivity index (χ1n) is 8.70. The van der Waals surface area contributed by atoms with E-state index < -0.39 is 17.6 Å². The fourth-order valence-electron chi connectivity index (χ4n) is 3.01. The number of halogens is 2. The number of para-hydroxylation sites is 1. The van der Waals surface area contributed by atoms with Gasteiger partial charge in [0.25, 0.3) is 0 Å². The summed E-state index contributed by atoms with van der Waals surface area (Å²) in [6.07, 6.45) is 0.256. The Hall–Kier alpha value is -2.41. The third-order valence-corrected chi connectivity index (χ3v) is 4.90. The lowest BCUT2D eigenvalue weighted by molar-refractivity contribution is -0.129. The molecule has 1 saturated heterocycles. The van der Waals surface area contributed by atoms with Gasteiger partial charge in [-0.15, -0.1) is 0 Å². The summed E-state index contributed by atoms with van der Waals surface area (Å²) < 4.78 is 20.0. The van der Waals surface area contributed by atoms with Gasteiger partial charge in [-0.05, 0) is 60.5 Å². The maximum atomic E-state index is 13.6. The zero-order valence-corrected chi connectivity index (χ0v) is 16.6. The van der Waals surface area contributed by atoms with Gasteiger partial charge in [0, 0.05) is 17.1 Å². The molecule has 0 spiro atoms. The van der Waals surface area contributed by atoms with E-state index in [0.717, 1.165) is 10.2 Å². The Bertz CT molecular complexity index is 872. The number of carbonyl (C=O) groups is 2. The third-order valence-electron chi connectivity index (χ3n) is 4.23. The van der Waals surface area contributed by atoms with Crippen LogP contribution in [0.2, 0.25) is 0 Å². The number of ether oxygens (including phenoxy) is 1. The molecule has 3 rings (SSSR count). The van der Waals surface area contributed by atoms with E-state index in [4.69, 9.17) is 4.74 Å². The van der Waals surface area contributed by atoms with Crippen molar-refractivity contribution < 1.29 is 18.7 Å². The number of hydrogen-bond acceptors (Lipinski definition) is 3. The van der Waals surface area contributed by atoms with Crippen LogP contribution in [0, 0.1) is 11.7 Å². The van der Waals surface area contributed by atoms with E-state index in [1.807, 2.05) is 38.1 Å². The SMILES string of the molecule is CC(C)Oc1ccc(F)cc1NC(=O)C1CCN(c2ccccc2Br)C1=O. The Morgan fingerprint density at radius 2 is 2.04 bits per heavy atom. The number of rotatable bonds is 5. The van der Waals surface area contributed by atoms with Crippen molar-refractivity contribution in [2.24, 2.45) is 5.92 Å². The van der Waals surface area contributed by atoms with E-state index in [1.54, 1.807) is 4.90 Å². The molecule has 142 valence electrons. The summed E-state index contributed by atoms with van der Waals surface area (Å²) in [6.45, 7) is 4.12. The Kier molecular flexibility index (Phi) is 5.79. The molecule has 1 aliphatic heterocycles. The first kappa shape index (κ1) is 19.4. The molecule has 5 nitrogen and oxygen atoms in total. The van der Waals surface area contributed by atoms with Crippen LogP contribution < -0.4 is 15.0 Å². The fourth-order valence-corrected chi connectivity index (χ4v) is 3.51. The van der Waals surface area contributed by atoms with E-state index in [1.165, 1.54) is 18.2 Å². The van der Waals surface area contributed by atoms with Gasteiger partial charge in [0.05, 0.1) is 17.5 Å². The normalized spacial score (nSPS) is 16.7. The molecule has 0 aromatic heterocycles. The molecule has 1 atom stereocenters. The van der Waals surface area contributed by atoms with Crippen LogP contribution in [0.5, 0.6) is 5.75 Å². The average molecular weight is 435 g/mol. The Balaban J connectivity index is 1.77. The number of hydrogen-bond donors (Lipinski definition) is 1. The van der Waals surface area contributed by atoms with Gasteiger partial charge in [0.15, 0.2) is 0 Å². The largest absolute Gasteiger partial charge is 0.489 e. The molecular formula is C20H20BrFN2O3. The lowest BCUT2D eigenvalue weighted by atomic mass is 10.1. The Morgan fingerprint density at radius 3 is 2.74 bits per heavy atom. The second kappa shape index (κ2) is 8.08. The van der Waals surface area contributed by atoms with E-state index in [9.17, 15) is 14.0 Å². The highest BCUT2D eigenvalue weighted by atomic mass is 79.9. The van der Waals surface area contributed by atoms with E-state index in [2.05, 4.69) is 21.2 Å². The monoisotopic (exact) mass is 434 g/mol. The molecule has 1 fully saturated rings. The molecule has 1 heterocycles. The minimum atomic E-state index is -0.827. The van der Waals surface area contributed by atoms with Gasteiger partial charge in [-0.1, -0.05) is 12.1 Å². The molecule has 0 bridgehead atoms. The van der Waals surface area contributed by atoms with Gasteiger partial charge in [0.2, 0.25) is 11.8 Å². The number of benzene rings is 2. The van der Waals surface area contributed by atoms with Crippen LogP contribution in [0.3, 0.4) is 0 Å². The molecule has 1 unspecified atom stereocenters. The van der Waals surface area contributed by atoms with E-state index in [-0.39, 0.29) is 17.7 Å². The Morgan fingerprint density at radius 1 is 1.30 bits per heavy atom. The topological polar surface area (TPSA) is 58.6 Å². The van der Waals surface area contributed by atoms with Crippen molar-refractivity contribution in [3.63, 3.8) is 0 Å². The van der Waals surface area contributed by atoms with Gasteiger partial charge in [-0.25, -0.2) is 4.39 Å². The number of nitrogens with one attached hydrogen (secondary N) is 1. The summed E-state index contributed by atoms with van der Waals surface area (Å²) in [5, 5.41) is 2.65. The smallest absolute Gasteiger partial charge is 0.239 e. The Labute approximate surface area is 165 Å². The predicted octanol–water partition coefficient (Wildman–Crippen LogP) is 4.37. The van der Waals surface area contributed by atoms with E-state index >= 15 is 0 Å². The summed E-state index contributed by atoms with van der Waals surface area (Å²) in [5.74, 6) is -1.69. The van der Waals surface area contributed by atoms with Gasteiger partial charge >= 0.3 is 0 Å². The lowest BCUT2D eigenvalue weighted by Crippen LogP contribution is -2.33. The van der Waals surface area contributed by atoms with Crippen molar-refractivity contribution in [1.82, 2.24) is 0 Å². The van der Waals surface area contributed by atoms with Gasteiger partial charge in [0.1, 0.15) is 17.5 Å². The average Bonchev–Trinajstić information content (AvgIpc) is 2.99. The fraction of sp³-hybridized carbons (Fsp3) is 0.300. The lowest BCUT2D eigenvalue weighted by Gasteiger charge is -2.19. The van der Waals surface area contributed by atoms with Gasteiger partial charge in [-0.2, -0.15) is 0 Å². The quantitative estimate of drug-likeness (QED) is 0.710. The van der Waals surface area contributed by atoms with Crippen LogP contribution in [-0.4, -0.2) is 24.5 Å². The highest BCUT2D eigenvalue weighted by Gasteiger charge is 2.38. The first-order chi connectivity index (χ1) is 12.9. The second-order valence-corrected chi connectivity index (χ2v) is 7.43. The molecule has 1 N–H and O–H groups in total. The molecular weight excluding hydrogens is 415 g/mol. The minimum absolute atomic E-state index is 0.134. The summed E-state index contributed by atoms with van der Waals surface area (Å²) in [7, 11) is 0. The zero-order valence-electron chi connectivity index (χ0n) is 15.0. The van der Waals surface area contributed by atoms with Crippen LogP contribution >= 0.6 is 15.9 Å². The summed E-state index contributed by atoms with van der Waals surface area (Å²) >= 11 is 3.43. The summed E-state index contributed by atoms with van der Waals surface area (Å²) in [6, 6.07) is 11.3. The first-order valence-corrected chi connectivity index (χ1v) is 9.49. The van der Waals surface area contributed by atoms with Crippen LogP contribution in [0.15, 0.2) is 46.9 Å². The highest BCUT2D eigenvalue weighted by molar-refractivity contribution is 9.10. The van der Waals surface area contributed by atoms with Crippen molar-refractivity contribution >= 4 is 39.1 Å². The maximum Gasteiger partial charge on any atom is 0.239 e. The van der Waals surface area contributed by atoms with E-state index in [0.29, 0.717) is 18.7 Å². The maximum absolute atomic E-state index is 13.6. The van der Waals surface area contributed by atoms with Crippen molar-refractivity contribution in [2.45, 2.75) is 26.4 Å². The highest BCUT2D eigenvalue weighted by Crippen LogP contribution is 2.33. The number of carbonyl (C=O) groups excluding carboxylic acids is 2. The molecule has 0 aliphatic carbocycles. The number of nitrogens with zero attached hydrogens (tertiary/aromatic N) is 1. The molecule has 27 heavy (non-hydrogen) atoms. The molecule has 0 saturated carbocycles. The van der Waals surface area contributed by atoms with Crippen molar-refractivity contribution in [3.05, 3.63) is 52.8 Å². The van der Waals surface area contributed by atoms with Gasteiger partial charge in [-0.3, -0.25) is 9.59 Å². The number of amides is 2. The standard InChI is InChI=1S/C20H20BrFN2O3/c1-12(2)27-18-8-7-13(22)11-16(18)23-19(25)14-9-10-24(20(14)26)17-6-4-3-5-15(17)21/h3-8,11-12,14H,9-10H2,1-2H3,(H,23,25). The number of anilines is 2. The van der Waals surface area contributed by atoms with Crippen molar-refractivity contribution in [2.75, 3.05) is 16.8 Å². The predicted molar refractivity (Wildman–Crippen MR) is 105 cm³/mol. The molecule has 1 aliphatic rings. The second-order valence-electron chi connectivity index (χ2n) is 6.58. The minimum Gasteiger partial charge on any atom is -0.489 e. The van der Waals surface area contributed by atoms with Crippen molar-refractivity contribution in [3.8, 4) is 5.75 Å². The molecule has 2 amide bonds. The molecule has 0 radical (unpaired) electrons. The van der Waals surface area contributed by atoms with Crippen LogP contribution in [-0.2, 0) is 9.59 Å². The summed E-state index contributed by atoms with van der Waals surface area (Å²) in [4.78, 5) is 27.0. The summed E-state index contributed by atoms with van der Waals surface area (Å²) in [5.41, 5.74) is 0.952. The van der Waals surface area contributed by atoms with Crippen LogP contribution in [0.1, 0.15) is 20.3 Å². The molecule has 7 heteroatoms. The van der Waals surface area contributed by atoms with Gasteiger partial charge < -0.3 is 15.0 Å². The van der Waals surface area contributed by atoms with Crippen molar-refractivity contribution in [1.29, 1.82) is 0 Å².